The molecule has 2 aromatic rings. The third-order valence-electron chi connectivity index (χ3n) is 5.17. The van der Waals surface area contributed by atoms with E-state index in [0.29, 0.717) is 29.8 Å². The molecule has 1 N–H and O–H groups in total. The fourth-order valence-corrected chi connectivity index (χ4v) is 4.80. The highest BCUT2D eigenvalue weighted by Crippen LogP contribution is 2.57. The second kappa shape index (κ2) is 9.04. The van der Waals surface area contributed by atoms with Crippen molar-refractivity contribution in [2.45, 2.75) is 44.7 Å². The van der Waals surface area contributed by atoms with E-state index in [1.807, 2.05) is 13.0 Å². The average Bonchev–Trinajstić information content (AvgIpc) is 3.12. The zero-order valence-electron chi connectivity index (χ0n) is 17.1. The van der Waals surface area contributed by atoms with Gasteiger partial charge >= 0.3 is 6.18 Å². The van der Waals surface area contributed by atoms with Gasteiger partial charge in [-0.05, 0) is 65.4 Å². The Morgan fingerprint density at radius 1 is 1.19 bits per heavy atom. The van der Waals surface area contributed by atoms with Gasteiger partial charge in [-0.15, -0.1) is 0 Å². The number of nitrogens with zero attached hydrogens (tertiary/aromatic N) is 1. The first-order valence-electron chi connectivity index (χ1n) is 9.59. The second-order valence-electron chi connectivity index (χ2n) is 7.80. The Morgan fingerprint density at radius 3 is 2.39 bits per heavy atom. The number of carbonyl (C=O) groups is 1. The maximum Gasteiger partial charge on any atom is 0.409 e. The van der Waals surface area contributed by atoms with E-state index in [1.54, 1.807) is 26.0 Å². The van der Waals surface area contributed by atoms with Gasteiger partial charge in [0.15, 0.2) is 4.75 Å². The summed E-state index contributed by atoms with van der Waals surface area (Å²) in [5.74, 6) is -0.185. The maximum atomic E-state index is 14.2. The molecule has 0 bridgehead atoms. The number of alkyl halides is 3. The van der Waals surface area contributed by atoms with Crippen molar-refractivity contribution in [1.29, 1.82) is 0 Å². The Hall–Kier alpha value is -1.70. The van der Waals surface area contributed by atoms with Crippen molar-refractivity contribution in [2.75, 3.05) is 0 Å². The molecular formula is C22H21Cl2F3N2OS. The van der Waals surface area contributed by atoms with Crippen molar-refractivity contribution >= 4 is 46.8 Å². The lowest BCUT2D eigenvalue weighted by molar-refractivity contribution is -0.159. The molecule has 1 heterocycles. The van der Waals surface area contributed by atoms with Crippen LogP contribution in [-0.2, 0) is 16.1 Å². The Labute approximate surface area is 193 Å². The fraction of sp³-hybridized carbons (Fsp3) is 0.364. The molecule has 3 nitrogen and oxygen atoms in total. The van der Waals surface area contributed by atoms with Crippen LogP contribution in [0.3, 0.4) is 0 Å². The number of benzene rings is 2. The van der Waals surface area contributed by atoms with E-state index >= 15 is 0 Å². The average molecular weight is 489 g/mol. The van der Waals surface area contributed by atoms with Crippen LogP contribution >= 0.6 is 35.1 Å². The zero-order chi connectivity index (χ0) is 23.0. The molecule has 0 saturated heterocycles. The van der Waals surface area contributed by atoms with E-state index < -0.39 is 10.9 Å². The van der Waals surface area contributed by atoms with Crippen molar-refractivity contribution < 1.29 is 18.0 Å². The molecule has 166 valence electrons. The van der Waals surface area contributed by atoms with Gasteiger partial charge in [0.1, 0.15) is 0 Å². The highest BCUT2D eigenvalue weighted by molar-refractivity contribution is 7.99. The van der Waals surface area contributed by atoms with Crippen LogP contribution in [0, 0.1) is 12.8 Å². The monoisotopic (exact) mass is 488 g/mol. The Morgan fingerprint density at radius 2 is 1.84 bits per heavy atom. The van der Waals surface area contributed by atoms with Gasteiger partial charge in [-0.25, -0.2) is 4.40 Å². The summed E-state index contributed by atoms with van der Waals surface area (Å²) in [4.78, 5) is 11.8. The smallest absolute Gasteiger partial charge is 0.352 e. The maximum absolute atomic E-state index is 14.2. The van der Waals surface area contributed by atoms with Crippen LogP contribution in [0.1, 0.15) is 42.5 Å². The third kappa shape index (κ3) is 5.04. The lowest BCUT2D eigenvalue weighted by Gasteiger charge is -2.30. The molecule has 9 heteroatoms. The molecule has 1 amide bonds. The summed E-state index contributed by atoms with van der Waals surface area (Å²) in [5.41, 5.74) is 2.70. The van der Waals surface area contributed by atoms with Crippen molar-refractivity contribution in [2.24, 2.45) is 10.3 Å². The second-order valence-corrected chi connectivity index (χ2v) is 9.74. The van der Waals surface area contributed by atoms with E-state index in [2.05, 4.69) is 9.71 Å². The number of hydrogen-bond acceptors (Lipinski definition) is 3. The fourth-order valence-electron chi connectivity index (χ4n) is 3.31. The van der Waals surface area contributed by atoms with Gasteiger partial charge < -0.3 is 5.32 Å². The normalized spacial score (nSPS) is 18.9. The van der Waals surface area contributed by atoms with Crippen LogP contribution in [-0.4, -0.2) is 17.8 Å². The Kier molecular flexibility index (Phi) is 6.99. The van der Waals surface area contributed by atoms with Crippen LogP contribution in [0.4, 0.5) is 13.2 Å². The van der Waals surface area contributed by atoms with Crippen molar-refractivity contribution in [3.8, 4) is 0 Å². The zero-order valence-corrected chi connectivity index (χ0v) is 19.4. The molecule has 0 fully saturated rings. The third-order valence-corrected chi connectivity index (χ3v) is 6.84. The Bertz CT molecular complexity index is 1020. The number of hydrogen-bond donors (Lipinski definition) is 1. The highest BCUT2D eigenvalue weighted by atomic mass is 35.5. The minimum Gasteiger partial charge on any atom is -0.352 e. The predicted octanol–water partition coefficient (Wildman–Crippen LogP) is 6.87. The molecule has 31 heavy (non-hydrogen) atoms. The molecular weight excluding hydrogens is 468 g/mol. The van der Waals surface area contributed by atoms with Gasteiger partial charge in [0.05, 0.1) is 5.71 Å². The number of carbonyl (C=O) groups excluding carboxylic acids is 1. The van der Waals surface area contributed by atoms with Gasteiger partial charge in [0.2, 0.25) is 5.91 Å². The van der Waals surface area contributed by atoms with E-state index in [4.69, 9.17) is 23.2 Å². The molecule has 1 aliphatic heterocycles. The first kappa shape index (κ1) is 24.0. The molecule has 0 aromatic heterocycles. The minimum atomic E-state index is -4.56. The van der Waals surface area contributed by atoms with E-state index in [-0.39, 0.29) is 33.9 Å². The standard InChI is InChI=1S/C22H21Cl2F3N2OS/c1-12(2)20(30)28-11-15-5-4-14(6-13(15)3)19-10-21(31-29-19,22(25,26)27)16-7-17(23)9-18(24)8-16/h4-9,12H,10-11H2,1-3H3,(H,28,30). The molecule has 0 spiro atoms. The topological polar surface area (TPSA) is 41.5 Å². The summed E-state index contributed by atoms with van der Waals surface area (Å²) in [6.07, 6.45) is -4.90. The number of amides is 1. The van der Waals surface area contributed by atoms with Crippen LogP contribution < -0.4 is 5.32 Å². The predicted molar refractivity (Wildman–Crippen MR) is 121 cm³/mol. The van der Waals surface area contributed by atoms with Gasteiger partial charge in [-0.3, -0.25) is 4.79 Å². The minimum absolute atomic E-state index is 0.0222. The van der Waals surface area contributed by atoms with Crippen molar-refractivity contribution in [3.05, 3.63) is 68.7 Å². The lowest BCUT2D eigenvalue weighted by atomic mass is 9.89. The SMILES string of the molecule is Cc1cc(C2=NSC(c3cc(Cl)cc(Cl)c3)(C(F)(F)F)C2)ccc1CNC(=O)C(C)C. The van der Waals surface area contributed by atoms with Gasteiger partial charge in [-0.1, -0.05) is 49.2 Å². The number of halogens is 5. The number of nitrogens with one attached hydrogen (secondary N) is 1. The van der Waals surface area contributed by atoms with Crippen LogP contribution in [0.2, 0.25) is 10.0 Å². The van der Waals surface area contributed by atoms with Gasteiger partial charge in [0.25, 0.3) is 0 Å². The molecule has 2 aromatic carbocycles. The highest BCUT2D eigenvalue weighted by Gasteiger charge is 2.60. The summed E-state index contributed by atoms with van der Waals surface area (Å²) in [6.45, 7) is 5.83. The largest absolute Gasteiger partial charge is 0.409 e. The van der Waals surface area contributed by atoms with Crippen LogP contribution in [0.15, 0.2) is 40.8 Å². The number of aryl methyl sites for hydroxylation is 1. The molecule has 0 radical (unpaired) electrons. The Balaban J connectivity index is 1.87. The first-order chi connectivity index (χ1) is 14.4. The summed E-state index contributed by atoms with van der Waals surface area (Å²) < 4.78 is 44.6. The summed E-state index contributed by atoms with van der Waals surface area (Å²) >= 11 is 12.4. The molecule has 0 aliphatic carbocycles. The van der Waals surface area contributed by atoms with Crippen LogP contribution in [0.5, 0.6) is 0 Å². The van der Waals surface area contributed by atoms with Crippen molar-refractivity contribution in [1.82, 2.24) is 5.32 Å². The molecule has 3 rings (SSSR count). The summed E-state index contributed by atoms with van der Waals surface area (Å²) in [7, 11) is 0. The molecule has 1 atom stereocenters. The lowest BCUT2D eigenvalue weighted by Crippen LogP contribution is -2.38. The van der Waals surface area contributed by atoms with Gasteiger partial charge in [-0.2, -0.15) is 13.2 Å². The molecule has 1 aliphatic rings. The summed E-state index contributed by atoms with van der Waals surface area (Å²) in [6, 6.07) is 9.32. The number of rotatable bonds is 5. The first-order valence-corrected chi connectivity index (χ1v) is 11.1. The van der Waals surface area contributed by atoms with E-state index in [1.165, 1.54) is 18.2 Å². The summed E-state index contributed by atoms with van der Waals surface area (Å²) in [5, 5.41) is 3.13. The molecule has 0 saturated carbocycles. The van der Waals surface area contributed by atoms with E-state index in [0.717, 1.165) is 11.1 Å². The van der Waals surface area contributed by atoms with Crippen LogP contribution in [0.25, 0.3) is 0 Å². The molecule has 1 unspecified atom stereocenters. The quantitative estimate of drug-likeness (QED) is 0.466. The van der Waals surface area contributed by atoms with Crippen molar-refractivity contribution in [3.63, 3.8) is 0 Å². The van der Waals surface area contributed by atoms with E-state index in [9.17, 15) is 18.0 Å². The van der Waals surface area contributed by atoms with Gasteiger partial charge in [0, 0.05) is 28.9 Å².